The highest BCUT2D eigenvalue weighted by Gasteiger charge is 2.00. The lowest BCUT2D eigenvalue weighted by atomic mass is 10.2. The van der Waals surface area contributed by atoms with Crippen LogP contribution in [0, 0.1) is 10.8 Å². The van der Waals surface area contributed by atoms with E-state index in [4.69, 9.17) is 0 Å². The minimum atomic E-state index is 0.516. The van der Waals surface area contributed by atoms with Gasteiger partial charge < -0.3 is 0 Å². The monoisotopic (exact) mass is 130 g/mol. The highest BCUT2D eigenvalue weighted by Crippen LogP contribution is 1.96. The van der Waals surface area contributed by atoms with Crippen LogP contribution in [-0.4, -0.2) is 18.1 Å². The van der Waals surface area contributed by atoms with Gasteiger partial charge in [0.25, 0.3) is 0 Å². The molecule has 0 radical (unpaired) electrons. The zero-order chi connectivity index (χ0) is 7.28. The topological polar surface area (TPSA) is 32.7 Å². The van der Waals surface area contributed by atoms with Crippen LogP contribution in [0.5, 0.6) is 0 Å². The summed E-state index contributed by atoms with van der Waals surface area (Å²) in [5, 5.41) is 4.35. The Morgan fingerprint density at radius 2 is 2.11 bits per heavy atom. The van der Waals surface area contributed by atoms with E-state index < -0.39 is 0 Å². The maximum absolute atomic E-state index is 9.95. The lowest BCUT2D eigenvalue weighted by molar-refractivity contribution is 0.265. The first-order chi connectivity index (χ1) is 4.20. The van der Waals surface area contributed by atoms with Crippen molar-refractivity contribution in [2.75, 3.05) is 13.1 Å². The molecule has 0 rings (SSSR count). The summed E-state index contributed by atoms with van der Waals surface area (Å²) >= 11 is 0. The molecule has 3 heteroatoms. The molecular weight excluding hydrogens is 116 g/mol. The van der Waals surface area contributed by atoms with Gasteiger partial charge in [0, 0.05) is 13.1 Å². The van der Waals surface area contributed by atoms with E-state index in [-0.39, 0.29) is 0 Å². The lowest BCUT2D eigenvalue weighted by Crippen LogP contribution is -2.20. The van der Waals surface area contributed by atoms with Crippen molar-refractivity contribution in [2.45, 2.75) is 20.8 Å². The van der Waals surface area contributed by atoms with E-state index in [0.29, 0.717) is 12.5 Å². The van der Waals surface area contributed by atoms with Gasteiger partial charge in [-0.05, 0) is 12.8 Å². The molecule has 0 N–H and O–H groups in total. The van der Waals surface area contributed by atoms with Gasteiger partial charge in [-0.2, -0.15) is 0 Å². The summed E-state index contributed by atoms with van der Waals surface area (Å²) in [6, 6.07) is 0. The third-order valence-corrected chi connectivity index (χ3v) is 1.06. The summed E-state index contributed by atoms with van der Waals surface area (Å²) in [4.78, 5) is 9.95. The minimum absolute atomic E-state index is 0.516. The van der Waals surface area contributed by atoms with Crippen molar-refractivity contribution in [1.29, 1.82) is 0 Å². The average molecular weight is 130 g/mol. The second kappa shape index (κ2) is 4.30. The predicted molar refractivity (Wildman–Crippen MR) is 37.9 cm³/mol. The molecule has 0 bridgehead atoms. The maximum Gasteiger partial charge on any atom is 0.0523 e. The van der Waals surface area contributed by atoms with Crippen LogP contribution in [0.15, 0.2) is 5.29 Å². The second-order valence-corrected chi connectivity index (χ2v) is 2.48. The summed E-state index contributed by atoms with van der Waals surface area (Å²) in [6.07, 6.45) is 0. The Labute approximate surface area is 56.0 Å². The SMILES string of the molecule is CCN(CC(C)C)N=O. The molecule has 0 aromatic rings. The normalized spacial score (nSPS) is 9.78. The molecule has 0 saturated heterocycles. The summed E-state index contributed by atoms with van der Waals surface area (Å²) in [7, 11) is 0. The second-order valence-electron chi connectivity index (χ2n) is 2.48. The van der Waals surface area contributed by atoms with Gasteiger partial charge in [-0.15, -0.1) is 4.91 Å². The Hall–Kier alpha value is -0.600. The summed E-state index contributed by atoms with van der Waals surface area (Å²) in [5.41, 5.74) is 0. The van der Waals surface area contributed by atoms with E-state index in [1.165, 1.54) is 5.01 Å². The predicted octanol–water partition coefficient (Wildman–Crippen LogP) is 1.65. The quantitative estimate of drug-likeness (QED) is 0.428. The number of hydrogen-bond donors (Lipinski definition) is 0. The van der Waals surface area contributed by atoms with Crippen molar-refractivity contribution in [3.8, 4) is 0 Å². The molecule has 0 unspecified atom stereocenters. The highest BCUT2D eigenvalue weighted by atomic mass is 16.3. The van der Waals surface area contributed by atoms with Gasteiger partial charge in [0.1, 0.15) is 0 Å². The summed E-state index contributed by atoms with van der Waals surface area (Å²) in [5.74, 6) is 0.516. The van der Waals surface area contributed by atoms with Gasteiger partial charge in [0.05, 0.1) is 5.29 Å². The van der Waals surface area contributed by atoms with Crippen molar-refractivity contribution in [3.05, 3.63) is 4.91 Å². The molecule has 0 aliphatic rings. The maximum atomic E-state index is 9.95. The van der Waals surface area contributed by atoms with Crippen molar-refractivity contribution in [2.24, 2.45) is 11.2 Å². The third-order valence-electron chi connectivity index (χ3n) is 1.06. The first-order valence-corrected chi connectivity index (χ1v) is 3.29. The first kappa shape index (κ1) is 8.40. The molecule has 0 atom stereocenters. The van der Waals surface area contributed by atoms with E-state index >= 15 is 0 Å². The summed E-state index contributed by atoms with van der Waals surface area (Å²) < 4.78 is 0. The van der Waals surface area contributed by atoms with Gasteiger partial charge in [-0.3, -0.25) is 5.01 Å². The van der Waals surface area contributed by atoms with Crippen molar-refractivity contribution in [1.82, 2.24) is 5.01 Å². The fourth-order valence-corrected chi connectivity index (χ4v) is 0.642. The van der Waals surface area contributed by atoms with Crippen LogP contribution in [0.3, 0.4) is 0 Å². The van der Waals surface area contributed by atoms with Crippen molar-refractivity contribution < 1.29 is 0 Å². The molecule has 3 nitrogen and oxygen atoms in total. The van der Waals surface area contributed by atoms with E-state index in [1.54, 1.807) is 0 Å². The number of nitroso groups, excluding NO2 is 1. The van der Waals surface area contributed by atoms with Crippen LogP contribution in [-0.2, 0) is 0 Å². The van der Waals surface area contributed by atoms with Gasteiger partial charge in [0.2, 0.25) is 0 Å². The molecule has 54 valence electrons. The Balaban J connectivity index is 3.42. The molecule has 0 aromatic heterocycles. The van der Waals surface area contributed by atoms with Crippen LogP contribution in [0.1, 0.15) is 20.8 Å². The molecular formula is C6H14N2O. The van der Waals surface area contributed by atoms with E-state index in [2.05, 4.69) is 19.1 Å². The van der Waals surface area contributed by atoms with Crippen molar-refractivity contribution in [3.63, 3.8) is 0 Å². The molecule has 0 amide bonds. The third kappa shape index (κ3) is 3.94. The smallest absolute Gasteiger partial charge is 0.0523 e. The standard InChI is InChI=1S/C6H14N2O/c1-4-8(7-9)5-6(2)3/h6H,4-5H2,1-3H3. The van der Waals surface area contributed by atoms with E-state index in [1.807, 2.05) is 6.92 Å². The number of rotatable bonds is 4. The highest BCUT2D eigenvalue weighted by molar-refractivity contribution is 4.50. The van der Waals surface area contributed by atoms with Gasteiger partial charge in [0.15, 0.2) is 0 Å². The Morgan fingerprint density at radius 3 is 2.22 bits per heavy atom. The van der Waals surface area contributed by atoms with E-state index in [0.717, 1.165) is 6.54 Å². The zero-order valence-electron chi connectivity index (χ0n) is 6.29. The number of hydrogen-bond acceptors (Lipinski definition) is 2. The van der Waals surface area contributed by atoms with Crippen LogP contribution in [0.25, 0.3) is 0 Å². The first-order valence-electron chi connectivity index (χ1n) is 3.29. The fraction of sp³-hybridized carbons (Fsp3) is 1.00. The number of nitrogens with zero attached hydrogens (tertiary/aromatic N) is 2. The minimum Gasteiger partial charge on any atom is -0.261 e. The molecule has 0 aliphatic carbocycles. The molecule has 0 fully saturated rings. The van der Waals surface area contributed by atoms with Gasteiger partial charge >= 0.3 is 0 Å². The zero-order valence-corrected chi connectivity index (χ0v) is 6.29. The fourth-order valence-electron chi connectivity index (χ4n) is 0.642. The van der Waals surface area contributed by atoms with Gasteiger partial charge in [-0.25, -0.2) is 0 Å². The van der Waals surface area contributed by atoms with Crippen molar-refractivity contribution >= 4 is 0 Å². The molecule has 9 heavy (non-hydrogen) atoms. The Morgan fingerprint density at radius 1 is 1.56 bits per heavy atom. The molecule has 0 aliphatic heterocycles. The van der Waals surface area contributed by atoms with Crippen LogP contribution in [0.4, 0.5) is 0 Å². The van der Waals surface area contributed by atoms with Crippen LogP contribution >= 0.6 is 0 Å². The van der Waals surface area contributed by atoms with Crippen LogP contribution in [0.2, 0.25) is 0 Å². The average Bonchev–Trinajstić information content (AvgIpc) is 1.82. The van der Waals surface area contributed by atoms with Crippen LogP contribution < -0.4 is 0 Å². The lowest BCUT2D eigenvalue weighted by Gasteiger charge is -2.13. The molecule has 0 spiro atoms. The Bertz CT molecular complexity index is 83.1. The molecule has 0 aromatic carbocycles. The van der Waals surface area contributed by atoms with Gasteiger partial charge in [-0.1, -0.05) is 13.8 Å². The van der Waals surface area contributed by atoms with E-state index in [9.17, 15) is 4.91 Å². The largest absolute Gasteiger partial charge is 0.261 e. The molecule has 0 saturated carbocycles. The molecule has 0 heterocycles. The Kier molecular flexibility index (Phi) is 4.01. The summed E-state index contributed by atoms with van der Waals surface area (Å²) in [6.45, 7) is 7.52.